The van der Waals surface area contributed by atoms with E-state index in [4.69, 9.17) is 16.3 Å². The molecule has 0 aliphatic carbocycles. The van der Waals surface area contributed by atoms with Crippen LogP contribution in [0.1, 0.15) is 0 Å². The minimum absolute atomic E-state index is 0.627. The second-order valence-corrected chi connectivity index (χ2v) is 4.37. The Bertz CT molecular complexity index is 725. The third kappa shape index (κ3) is 2.20. The molecule has 0 aliphatic rings. The number of fused-ring (bicyclic) bond motifs is 1. The number of hydrogen-bond acceptors (Lipinski definition) is 4. The average molecular weight is 275 g/mol. The van der Waals surface area contributed by atoms with Crippen molar-refractivity contribution in [3.63, 3.8) is 0 Å². The van der Waals surface area contributed by atoms with Crippen LogP contribution in [-0.4, -0.2) is 22.1 Å². The van der Waals surface area contributed by atoms with Crippen LogP contribution in [0.4, 0.5) is 11.5 Å². The van der Waals surface area contributed by atoms with Gasteiger partial charge < -0.3 is 15.0 Å². The van der Waals surface area contributed by atoms with Crippen molar-refractivity contribution < 1.29 is 4.74 Å². The van der Waals surface area contributed by atoms with Crippen LogP contribution in [0, 0.1) is 0 Å². The standard InChI is InChI=1S/C13H11ClN4O/c1-19-11-3-2-8(14)6-10(11)18-13-9-4-5-15-12(9)16-7-17-13/h2-7H,1H3,(H2,15,16,17,18). The van der Waals surface area contributed by atoms with Gasteiger partial charge in [-0.3, -0.25) is 0 Å². The molecule has 2 heterocycles. The SMILES string of the molecule is COc1ccc(Cl)cc1Nc1ncnc2[nH]ccc12. The van der Waals surface area contributed by atoms with Gasteiger partial charge >= 0.3 is 0 Å². The van der Waals surface area contributed by atoms with E-state index in [1.807, 2.05) is 12.3 Å². The Morgan fingerprint density at radius 1 is 1.26 bits per heavy atom. The number of halogens is 1. The topological polar surface area (TPSA) is 62.8 Å². The number of methoxy groups -OCH3 is 1. The molecule has 0 amide bonds. The van der Waals surface area contributed by atoms with E-state index in [1.54, 1.807) is 25.3 Å². The maximum atomic E-state index is 6.00. The van der Waals surface area contributed by atoms with Crippen molar-refractivity contribution in [3.05, 3.63) is 41.8 Å². The number of anilines is 2. The van der Waals surface area contributed by atoms with Gasteiger partial charge in [0, 0.05) is 11.2 Å². The van der Waals surface area contributed by atoms with E-state index in [0.29, 0.717) is 16.6 Å². The molecule has 6 heteroatoms. The van der Waals surface area contributed by atoms with Crippen LogP contribution < -0.4 is 10.1 Å². The highest BCUT2D eigenvalue weighted by atomic mass is 35.5. The number of H-pyrrole nitrogens is 1. The highest BCUT2D eigenvalue weighted by Gasteiger charge is 2.08. The van der Waals surface area contributed by atoms with Crippen LogP contribution in [0.25, 0.3) is 11.0 Å². The molecular formula is C13H11ClN4O. The summed E-state index contributed by atoms with van der Waals surface area (Å²) in [5.74, 6) is 1.40. The quantitative estimate of drug-likeness (QED) is 0.769. The fourth-order valence-electron chi connectivity index (χ4n) is 1.88. The van der Waals surface area contributed by atoms with Gasteiger partial charge in [0.25, 0.3) is 0 Å². The number of nitrogens with one attached hydrogen (secondary N) is 2. The summed E-state index contributed by atoms with van der Waals surface area (Å²) in [5.41, 5.74) is 1.54. The smallest absolute Gasteiger partial charge is 0.143 e. The lowest BCUT2D eigenvalue weighted by Crippen LogP contribution is -1.97. The van der Waals surface area contributed by atoms with E-state index in [9.17, 15) is 0 Å². The maximum absolute atomic E-state index is 6.00. The van der Waals surface area contributed by atoms with Gasteiger partial charge in [-0.05, 0) is 24.3 Å². The van der Waals surface area contributed by atoms with Crippen LogP contribution in [0.2, 0.25) is 5.02 Å². The first kappa shape index (κ1) is 11.8. The van der Waals surface area contributed by atoms with Crippen LogP contribution in [0.5, 0.6) is 5.75 Å². The lowest BCUT2D eigenvalue weighted by molar-refractivity contribution is 0.417. The molecule has 5 nitrogen and oxygen atoms in total. The summed E-state index contributed by atoms with van der Waals surface area (Å²) in [6, 6.07) is 7.28. The van der Waals surface area contributed by atoms with Crippen LogP contribution >= 0.6 is 11.6 Å². The number of rotatable bonds is 3. The average Bonchev–Trinajstić information content (AvgIpc) is 2.88. The van der Waals surface area contributed by atoms with Gasteiger partial charge in [-0.25, -0.2) is 9.97 Å². The van der Waals surface area contributed by atoms with Gasteiger partial charge in [0.05, 0.1) is 18.2 Å². The molecule has 0 bridgehead atoms. The van der Waals surface area contributed by atoms with Gasteiger partial charge in [-0.1, -0.05) is 11.6 Å². The molecule has 0 radical (unpaired) electrons. The van der Waals surface area contributed by atoms with Crippen molar-refractivity contribution in [2.75, 3.05) is 12.4 Å². The molecule has 2 aromatic heterocycles. The molecular weight excluding hydrogens is 264 g/mol. The van der Waals surface area contributed by atoms with Gasteiger partial charge in [-0.15, -0.1) is 0 Å². The lowest BCUT2D eigenvalue weighted by atomic mass is 10.2. The van der Waals surface area contributed by atoms with E-state index in [2.05, 4.69) is 20.3 Å². The summed E-state index contributed by atoms with van der Waals surface area (Å²) >= 11 is 6.00. The normalized spacial score (nSPS) is 10.6. The second kappa shape index (κ2) is 4.78. The summed E-state index contributed by atoms with van der Waals surface area (Å²) in [6.45, 7) is 0. The van der Waals surface area contributed by atoms with Crippen molar-refractivity contribution >= 4 is 34.1 Å². The summed E-state index contributed by atoms with van der Waals surface area (Å²) in [7, 11) is 1.61. The number of benzene rings is 1. The number of nitrogens with zero attached hydrogens (tertiary/aromatic N) is 2. The molecule has 0 spiro atoms. The van der Waals surface area contributed by atoms with Crippen LogP contribution in [0.15, 0.2) is 36.8 Å². The fraction of sp³-hybridized carbons (Fsp3) is 0.0769. The molecule has 0 saturated heterocycles. The highest BCUT2D eigenvalue weighted by Crippen LogP contribution is 2.31. The molecule has 96 valence electrons. The molecule has 0 aliphatic heterocycles. The predicted molar refractivity (Wildman–Crippen MR) is 75.2 cm³/mol. The van der Waals surface area contributed by atoms with Gasteiger partial charge in [-0.2, -0.15) is 0 Å². The molecule has 3 aromatic rings. The Morgan fingerprint density at radius 2 is 2.16 bits per heavy atom. The third-order valence-electron chi connectivity index (χ3n) is 2.77. The monoisotopic (exact) mass is 274 g/mol. The highest BCUT2D eigenvalue weighted by molar-refractivity contribution is 6.31. The minimum atomic E-state index is 0.627. The van der Waals surface area contributed by atoms with Crippen molar-refractivity contribution in [2.45, 2.75) is 0 Å². The van der Waals surface area contributed by atoms with E-state index in [0.717, 1.165) is 16.7 Å². The maximum Gasteiger partial charge on any atom is 0.143 e. The Balaban J connectivity index is 2.05. The second-order valence-electron chi connectivity index (χ2n) is 3.93. The van der Waals surface area contributed by atoms with E-state index in [-0.39, 0.29) is 0 Å². The van der Waals surface area contributed by atoms with Crippen LogP contribution in [-0.2, 0) is 0 Å². The van der Waals surface area contributed by atoms with Gasteiger partial charge in [0.2, 0.25) is 0 Å². The lowest BCUT2D eigenvalue weighted by Gasteiger charge is -2.11. The van der Waals surface area contributed by atoms with Gasteiger partial charge in [0.1, 0.15) is 23.5 Å². The molecule has 19 heavy (non-hydrogen) atoms. The van der Waals surface area contributed by atoms with Crippen molar-refractivity contribution in [1.82, 2.24) is 15.0 Å². The Labute approximate surface area is 114 Å². The van der Waals surface area contributed by atoms with Gasteiger partial charge in [0.15, 0.2) is 0 Å². The number of ether oxygens (including phenoxy) is 1. The van der Waals surface area contributed by atoms with E-state index < -0.39 is 0 Å². The summed E-state index contributed by atoms with van der Waals surface area (Å²) in [4.78, 5) is 11.4. The molecule has 0 saturated carbocycles. The zero-order chi connectivity index (χ0) is 13.2. The Morgan fingerprint density at radius 3 is 3.00 bits per heavy atom. The van der Waals surface area contributed by atoms with Crippen molar-refractivity contribution in [1.29, 1.82) is 0 Å². The number of aromatic nitrogens is 3. The Kier molecular flexibility index (Phi) is 2.97. The first-order chi connectivity index (χ1) is 9.28. The third-order valence-corrected chi connectivity index (χ3v) is 3.00. The molecule has 1 aromatic carbocycles. The molecule has 3 rings (SSSR count). The zero-order valence-electron chi connectivity index (χ0n) is 10.1. The Hall–Kier alpha value is -2.27. The number of hydrogen-bond donors (Lipinski definition) is 2. The minimum Gasteiger partial charge on any atom is -0.495 e. The molecule has 0 unspecified atom stereocenters. The summed E-state index contributed by atoms with van der Waals surface area (Å²) in [5, 5.41) is 4.75. The molecule has 0 atom stereocenters. The fourth-order valence-corrected chi connectivity index (χ4v) is 2.05. The predicted octanol–water partition coefficient (Wildman–Crippen LogP) is 3.36. The number of aromatic amines is 1. The molecule has 0 fully saturated rings. The van der Waals surface area contributed by atoms with Crippen molar-refractivity contribution in [2.24, 2.45) is 0 Å². The summed E-state index contributed by atoms with van der Waals surface area (Å²) in [6.07, 6.45) is 3.32. The molecule has 2 N–H and O–H groups in total. The first-order valence-electron chi connectivity index (χ1n) is 5.66. The van der Waals surface area contributed by atoms with Crippen LogP contribution in [0.3, 0.4) is 0 Å². The zero-order valence-corrected chi connectivity index (χ0v) is 10.9. The van der Waals surface area contributed by atoms with Crippen molar-refractivity contribution in [3.8, 4) is 5.75 Å². The van der Waals surface area contributed by atoms with E-state index >= 15 is 0 Å². The first-order valence-corrected chi connectivity index (χ1v) is 6.04. The largest absolute Gasteiger partial charge is 0.495 e. The van der Waals surface area contributed by atoms with E-state index in [1.165, 1.54) is 6.33 Å². The summed E-state index contributed by atoms with van der Waals surface area (Å²) < 4.78 is 5.29.